The number of hydrogen-bond acceptors (Lipinski definition) is 2. The Morgan fingerprint density at radius 3 is 2.75 bits per heavy atom. The van der Waals surface area contributed by atoms with E-state index in [4.69, 9.17) is 4.74 Å². The third-order valence-electron chi connectivity index (χ3n) is 2.34. The zero-order valence-electron chi connectivity index (χ0n) is 8.47. The van der Waals surface area contributed by atoms with Gasteiger partial charge in [0.1, 0.15) is 0 Å². The van der Waals surface area contributed by atoms with Gasteiger partial charge in [-0.1, -0.05) is 20.8 Å². The molecule has 2 atom stereocenters. The van der Waals surface area contributed by atoms with Crippen LogP contribution in [0.4, 0.5) is 0 Å². The third-order valence-corrected chi connectivity index (χ3v) is 2.34. The second kappa shape index (κ2) is 4.83. The molecule has 12 heavy (non-hydrogen) atoms. The average Bonchev–Trinajstić information content (AvgIpc) is 2.48. The summed E-state index contributed by atoms with van der Waals surface area (Å²) in [4.78, 5) is 0. The van der Waals surface area contributed by atoms with Crippen LogP contribution in [0, 0.1) is 5.92 Å². The van der Waals surface area contributed by atoms with Gasteiger partial charge in [0, 0.05) is 19.2 Å². The first-order valence-corrected chi connectivity index (χ1v) is 5.07. The maximum Gasteiger partial charge on any atom is 0.0714 e. The maximum absolute atomic E-state index is 5.73. The van der Waals surface area contributed by atoms with Gasteiger partial charge in [0.2, 0.25) is 0 Å². The van der Waals surface area contributed by atoms with Gasteiger partial charge >= 0.3 is 0 Å². The summed E-state index contributed by atoms with van der Waals surface area (Å²) < 4.78 is 5.73. The molecule has 1 saturated heterocycles. The van der Waals surface area contributed by atoms with Crippen LogP contribution >= 0.6 is 0 Å². The normalized spacial score (nSPS) is 30.0. The highest BCUT2D eigenvalue weighted by Crippen LogP contribution is 2.13. The minimum Gasteiger partial charge on any atom is -0.377 e. The summed E-state index contributed by atoms with van der Waals surface area (Å²) in [5, 5.41) is 3.46. The molecule has 0 spiro atoms. The van der Waals surface area contributed by atoms with Crippen molar-refractivity contribution in [1.82, 2.24) is 5.32 Å². The number of ether oxygens (including phenoxy) is 1. The Morgan fingerprint density at radius 1 is 1.50 bits per heavy atom. The lowest BCUT2D eigenvalue weighted by Gasteiger charge is -2.12. The van der Waals surface area contributed by atoms with E-state index >= 15 is 0 Å². The standard InChI is InChI=1S/C10H21NO/c1-4-9-5-10(6-11-9)12-7-8(2)3/h8-11H,4-7H2,1-3H3/t9-,10-/m1/s1. The zero-order valence-corrected chi connectivity index (χ0v) is 8.47. The Balaban J connectivity index is 2.11. The van der Waals surface area contributed by atoms with Crippen LogP contribution in [0.3, 0.4) is 0 Å². The van der Waals surface area contributed by atoms with Gasteiger partial charge in [0.25, 0.3) is 0 Å². The van der Waals surface area contributed by atoms with Gasteiger partial charge in [-0.2, -0.15) is 0 Å². The van der Waals surface area contributed by atoms with E-state index in [1.165, 1.54) is 12.8 Å². The Morgan fingerprint density at radius 2 is 2.25 bits per heavy atom. The van der Waals surface area contributed by atoms with Crippen LogP contribution in [0.1, 0.15) is 33.6 Å². The van der Waals surface area contributed by atoms with Crippen LogP contribution in [0.2, 0.25) is 0 Å². The fourth-order valence-corrected chi connectivity index (χ4v) is 1.55. The molecule has 1 N–H and O–H groups in total. The molecule has 0 aliphatic carbocycles. The first-order chi connectivity index (χ1) is 5.72. The minimum absolute atomic E-state index is 0.470. The van der Waals surface area contributed by atoms with Gasteiger partial charge < -0.3 is 10.1 Å². The third kappa shape index (κ3) is 3.11. The predicted octanol–water partition coefficient (Wildman–Crippen LogP) is 1.80. The first-order valence-electron chi connectivity index (χ1n) is 5.07. The van der Waals surface area contributed by atoms with E-state index in [9.17, 15) is 0 Å². The van der Waals surface area contributed by atoms with Crippen LogP contribution in [0.25, 0.3) is 0 Å². The van der Waals surface area contributed by atoms with Gasteiger partial charge in [0.15, 0.2) is 0 Å². The second-order valence-corrected chi connectivity index (χ2v) is 4.10. The van der Waals surface area contributed by atoms with Crippen molar-refractivity contribution in [3.05, 3.63) is 0 Å². The molecule has 0 unspecified atom stereocenters. The van der Waals surface area contributed by atoms with Gasteiger partial charge in [-0.15, -0.1) is 0 Å². The molecule has 0 aromatic carbocycles. The molecule has 2 nitrogen and oxygen atoms in total. The molecule has 1 rings (SSSR count). The zero-order chi connectivity index (χ0) is 8.97. The second-order valence-electron chi connectivity index (χ2n) is 4.10. The molecule has 0 amide bonds. The predicted molar refractivity (Wildman–Crippen MR) is 51.3 cm³/mol. The van der Waals surface area contributed by atoms with E-state index in [0.717, 1.165) is 13.2 Å². The van der Waals surface area contributed by atoms with Gasteiger partial charge in [-0.25, -0.2) is 0 Å². The summed E-state index contributed by atoms with van der Waals surface area (Å²) in [5.74, 6) is 0.658. The molecular weight excluding hydrogens is 150 g/mol. The Bertz CT molecular complexity index is 125. The van der Waals surface area contributed by atoms with Crippen molar-refractivity contribution in [1.29, 1.82) is 0 Å². The van der Waals surface area contributed by atoms with Crippen molar-refractivity contribution >= 4 is 0 Å². The summed E-state index contributed by atoms with van der Waals surface area (Å²) in [7, 11) is 0. The SMILES string of the molecule is CC[C@@H]1C[C@@H](OCC(C)C)CN1. The molecule has 1 aliphatic heterocycles. The number of nitrogens with one attached hydrogen (secondary N) is 1. The highest BCUT2D eigenvalue weighted by Gasteiger charge is 2.22. The number of hydrogen-bond donors (Lipinski definition) is 1. The highest BCUT2D eigenvalue weighted by atomic mass is 16.5. The molecule has 2 heteroatoms. The molecule has 0 bridgehead atoms. The fourth-order valence-electron chi connectivity index (χ4n) is 1.55. The summed E-state index contributed by atoms with van der Waals surface area (Å²) in [6.45, 7) is 8.57. The maximum atomic E-state index is 5.73. The van der Waals surface area contributed by atoms with Crippen molar-refractivity contribution in [2.24, 2.45) is 5.92 Å². The topological polar surface area (TPSA) is 21.3 Å². The number of rotatable bonds is 4. The smallest absolute Gasteiger partial charge is 0.0714 e. The first kappa shape index (κ1) is 10.0. The highest BCUT2D eigenvalue weighted by molar-refractivity contribution is 4.81. The molecular formula is C10H21NO. The molecule has 1 fully saturated rings. The van der Waals surface area contributed by atoms with Crippen molar-refractivity contribution in [3.8, 4) is 0 Å². The summed E-state index contributed by atoms with van der Waals surface area (Å²) >= 11 is 0. The van der Waals surface area contributed by atoms with Crippen LogP contribution in [-0.2, 0) is 4.74 Å². The van der Waals surface area contributed by atoms with Crippen molar-refractivity contribution in [3.63, 3.8) is 0 Å². The lowest BCUT2D eigenvalue weighted by molar-refractivity contribution is 0.0471. The minimum atomic E-state index is 0.470. The lowest BCUT2D eigenvalue weighted by atomic mass is 10.1. The van der Waals surface area contributed by atoms with E-state index < -0.39 is 0 Å². The van der Waals surface area contributed by atoms with Crippen LogP contribution in [-0.4, -0.2) is 25.3 Å². The van der Waals surface area contributed by atoms with Crippen LogP contribution < -0.4 is 5.32 Å². The van der Waals surface area contributed by atoms with Crippen molar-refractivity contribution in [2.75, 3.05) is 13.2 Å². The van der Waals surface area contributed by atoms with Crippen LogP contribution in [0.15, 0.2) is 0 Å². The summed E-state index contributed by atoms with van der Waals surface area (Å²) in [6, 6.07) is 0.696. The van der Waals surface area contributed by atoms with Crippen LogP contribution in [0.5, 0.6) is 0 Å². The molecule has 0 radical (unpaired) electrons. The lowest BCUT2D eigenvalue weighted by Crippen LogP contribution is -2.21. The van der Waals surface area contributed by atoms with Gasteiger partial charge in [0.05, 0.1) is 6.10 Å². The summed E-state index contributed by atoms with van der Waals surface area (Å²) in [5.41, 5.74) is 0. The van der Waals surface area contributed by atoms with Crippen molar-refractivity contribution < 1.29 is 4.74 Å². The van der Waals surface area contributed by atoms with Crippen molar-refractivity contribution in [2.45, 2.75) is 45.8 Å². The molecule has 0 aromatic rings. The Hall–Kier alpha value is -0.0800. The van der Waals surface area contributed by atoms with E-state index in [-0.39, 0.29) is 0 Å². The molecule has 1 heterocycles. The summed E-state index contributed by atoms with van der Waals surface area (Å²) in [6.07, 6.45) is 2.89. The van der Waals surface area contributed by atoms with E-state index in [1.807, 2.05) is 0 Å². The average molecular weight is 171 g/mol. The Kier molecular flexibility index (Phi) is 4.02. The molecule has 0 saturated carbocycles. The molecule has 72 valence electrons. The fraction of sp³-hybridized carbons (Fsp3) is 1.00. The van der Waals surface area contributed by atoms with E-state index in [2.05, 4.69) is 26.1 Å². The molecule has 1 aliphatic rings. The Labute approximate surface area is 75.7 Å². The molecule has 0 aromatic heterocycles. The van der Waals surface area contributed by atoms with E-state index in [0.29, 0.717) is 18.1 Å². The van der Waals surface area contributed by atoms with E-state index in [1.54, 1.807) is 0 Å². The van der Waals surface area contributed by atoms with Gasteiger partial charge in [-0.3, -0.25) is 0 Å². The largest absolute Gasteiger partial charge is 0.377 e. The quantitative estimate of drug-likeness (QED) is 0.696. The monoisotopic (exact) mass is 171 g/mol. The van der Waals surface area contributed by atoms with Gasteiger partial charge in [-0.05, 0) is 18.8 Å².